The smallest absolute Gasteiger partial charge is 0.260 e. The van der Waals surface area contributed by atoms with Gasteiger partial charge in [0.1, 0.15) is 17.9 Å². The molecule has 0 aliphatic heterocycles. The number of fused-ring (bicyclic) bond motifs is 1. The second-order valence-electron chi connectivity index (χ2n) is 7.35. The molecule has 2 aromatic heterocycles. The zero-order valence-corrected chi connectivity index (χ0v) is 16.9. The fourth-order valence-corrected chi connectivity index (χ4v) is 3.52. The third kappa shape index (κ3) is 3.42. The Bertz CT molecular complexity index is 1040. The Balaban J connectivity index is 1.72. The van der Waals surface area contributed by atoms with Crippen molar-refractivity contribution in [2.75, 3.05) is 10.6 Å². The van der Waals surface area contributed by atoms with Gasteiger partial charge in [0.25, 0.3) is 5.91 Å². The van der Waals surface area contributed by atoms with E-state index >= 15 is 0 Å². The molecule has 140 valence electrons. The number of hydrogen-bond donors (Lipinski definition) is 2. The van der Waals surface area contributed by atoms with E-state index in [0.29, 0.717) is 28.2 Å². The second kappa shape index (κ2) is 6.61. The summed E-state index contributed by atoms with van der Waals surface area (Å²) in [5, 5.41) is 8.03. The molecule has 1 aliphatic carbocycles. The van der Waals surface area contributed by atoms with E-state index in [1.165, 1.54) is 11.9 Å². The third-order valence-electron chi connectivity index (χ3n) is 5.08. The van der Waals surface area contributed by atoms with Gasteiger partial charge >= 0.3 is 0 Å². The SMILES string of the molecule is CCc1ccc(NC(=O)c2c(C)oc3ncnc(NC4(C)CC4)c23)c(P)c1. The molecule has 1 aliphatic rings. The number of rotatable bonds is 5. The molecule has 1 saturated carbocycles. The number of amides is 1. The molecule has 27 heavy (non-hydrogen) atoms. The topological polar surface area (TPSA) is 80.1 Å². The highest BCUT2D eigenvalue weighted by Crippen LogP contribution is 2.40. The number of anilines is 2. The van der Waals surface area contributed by atoms with Crippen LogP contribution in [0, 0.1) is 6.92 Å². The van der Waals surface area contributed by atoms with Crippen molar-refractivity contribution >= 4 is 43.1 Å². The average Bonchev–Trinajstić information content (AvgIpc) is 3.24. The molecule has 1 aromatic carbocycles. The average molecular weight is 382 g/mol. The molecule has 2 N–H and O–H groups in total. The monoisotopic (exact) mass is 382 g/mol. The second-order valence-corrected chi connectivity index (χ2v) is 7.97. The Morgan fingerprint density at radius 1 is 1.33 bits per heavy atom. The molecule has 0 spiro atoms. The van der Waals surface area contributed by atoms with Crippen molar-refractivity contribution < 1.29 is 9.21 Å². The number of nitrogens with one attached hydrogen (secondary N) is 2. The zero-order valence-electron chi connectivity index (χ0n) is 15.7. The summed E-state index contributed by atoms with van der Waals surface area (Å²) in [7, 11) is 2.68. The summed E-state index contributed by atoms with van der Waals surface area (Å²) in [6, 6.07) is 6.01. The van der Waals surface area contributed by atoms with Gasteiger partial charge in [-0.3, -0.25) is 4.79 Å². The molecule has 6 nitrogen and oxygen atoms in total. The van der Waals surface area contributed by atoms with E-state index in [1.807, 2.05) is 12.1 Å². The van der Waals surface area contributed by atoms with Gasteiger partial charge in [-0.05, 0) is 56.1 Å². The van der Waals surface area contributed by atoms with Gasteiger partial charge in [0, 0.05) is 11.2 Å². The van der Waals surface area contributed by atoms with Gasteiger partial charge in [0.05, 0.1) is 10.9 Å². The van der Waals surface area contributed by atoms with Crippen molar-refractivity contribution in [2.24, 2.45) is 0 Å². The highest BCUT2D eigenvalue weighted by atomic mass is 31.0. The quantitative estimate of drug-likeness (QED) is 0.656. The van der Waals surface area contributed by atoms with Gasteiger partial charge in [-0.15, -0.1) is 9.24 Å². The summed E-state index contributed by atoms with van der Waals surface area (Å²) >= 11 is 0. The highest BCUT2D eigenvalue weighted by molar-refractivity contribution is 7.28. The van der Waals surface area contributed by atoms with Crippen LogP contribution in [0.25, 0.3) is 11.1 Å². The Labute approximate surface area is 160 Å². The predicted octanol–water partition coefficient (Wildman–Crippen LogP) is 3.81. The van der Waals surface area contributed by atoms with Crippen molar-refractivity contribution in [2.45, 2.75) is 45.6 Å². The molecule has 1 amide bonds. The predicted molar refractivity (Wildman–Crippen MR) is 111 cm³/mol. The molecule has 4 rings (SSSR count). The Kier molecular flexibility index (Phi) is 4.39. The third-order valence-corrected chi connectivity index (χ3v) is 5.56. The van der Waals surface area contributed by atoms with E-state index in [-0.39, 0.29) is 11.4 Å². The van der Waals surface area contributed by atoms with Crippen LogP contribution in [0.15, 0.2) is 28.9 Å². The van der Waals surface area contributed by atoms with E-state index in [9.17, 15) is 4.79 Å². The molecule has 0 radical (unpaired) electrons. The van der Waals surface area contributed by atoms with Crippen molar-refractivity contribution in [1.29, 1.82) is 0 Å². The standard InChI is InChI=1S/C20H23N4O2P/c1-4-12-5-6-13(14(27)9-12)23-18(25)15-11(2)26-19-16(15)17(21-10-22-19)24-20(3)7-8-20/h5-6,9-10H,4,7-8,27H2,1-3H3,(H,23,25)(H,21,22,24). The van der Waals surface area contributed by atoms with Crippen LogP contribution in [0.3, 0.4) is 0 Å². The number of hydrogen-bond acceptors (Lipinski definition) is 5. The van der Waals surface area contributed by atoms with Crippen LogP contribution in [-0.4, -0.2) is 21.4 Å². The van der Waals surface area contributed by atoms with Crippen LogP contribution in [0.4, 0.5) is 11.5 Å². The van der Waals surface area contributed by atoms with E-state index in [4.69, 9.17) is 4.42 Å². The van der Waals surface area contributed by atoms with Crippen molar-refractivity contribution in [3.63, 3.8) is 0 Å². The molecule has 7 heteroatoms. The summed E-state index contributed by atoms with van der Waals surface area (Å²) in [4.78, 5) is 21.7. The van der Waals surface area contributed by atoms with Crippen LogP contribution < -0.4 is 15.9 Å². The van der Waals surface area contributed by atoms with Crippen molar-refractivity contribution in [3.8, 4) is 0 Å². The maximum Gasteiger partial charge on any atom is 0.260 e. The van der Waals surface area contributed by atoms with Gasteiger partial charge in [-0.25, -0.2) is 9.97 Å². The first-order chi connectivity index (χ1) is 12.9. The van der Waals surface area contributed by atoms with Crippen LogP contribution in [-0.2, 0) is 6.42 Å². The van der Waals surface area contributed by atoms with E-state index in [2.05, 4.69) is 49.8 Å². The number of nitrogens with zero attached hydrogens (tertiary/aromatic N) is 2. The number of carbonyl (C=O) groups excluding carboxylic acids is 1. The maximum atomic E-state index is 13.1. The number of carbonyl (C=O) groups is 1. The first kappa shape index (κ1) is 17.9. The van der Waals surface area contributed by atoms with E-state index in [0.717, 1.165) is 30.3 Å². The number of aromatic nitrogens is 2. The fourth-order valence-electron chi connectivity index (χ4n) is 3.14. The number of aryl methyl sites for hydroxylation is 2. The minimum Gasteiger partial charge on any atom is -0.442 e. The van der Waals surface area contributed by atoms with Gasteiger partial charge in [0.2, 0.25) is 5.71 Å². The first-order valence-corrected chi connectivity index (χ1v) is 9.70. The molecule has 1 atom stereocenters. The molecule has 3 aromatic rings. The summed E-state index contributed by atoms with van der Waals surface area (Å²) in [6.07, 6.45) is 4.58. The zero-order chi connectivity index (χ0) is 19.2. The van der Waals surface area contributed by atoms with Gasteiger partial charge in [-0.1, -0.05) is 13.0 Å². The molecular weight excluding hydrogens is 359 g/mol. The van der Waals surface area contributed by atoms with E-state index < -0.39 is 0 Å². The molecule has 2 heterocycles. The largest absolute Gasteiger partial charge is 0.442 e. The lowest BCUT2D eigenvalue weighted by Gasteiger charge is -2.13. The van der Waals surface area contributed by atoms with Crippen LogP contribution in [0.1, 0.15) is 48.4 Å². The summed E-state index contributed by atoms with van der Waals surface area (Å²) in [6.45, 7) is 6.03. The Morgan fingerprint density at radius 3 is 2.78 bits per heavy atom. The Morgan fingerprint density at radius 2 is 2.11 bits per heavy atom. The van der Waals surface area contributed by atoms with Crippen molar-refractivity contribution in [3.05, 3.63) is 41.4 Å². The minimum absolute atomic E-state index is 0.0312. The van der Waals surface area contributed by atoms with Crippen LogP contribution in [0.2, 0.25) is 0 Å². The normalized spacial score (nSPS) is 15.0. The van der Waals surface area contributed by atoms with Gasteiger partial charge in [0.15, 0.2) is 0 Å². The molecular formula is C20H23N4O2P. The number of furan rings is 1. The van der Waals surface area contributed by atoms with Crippen LogP contribution >= 0.6 is 9.24 Å². The lowest BCUT2D eigenvalue weighted by atomic mass is 10.1. The lowest BCUT2D eigenvalue weighted by Crippen LogP contribution is -2.19. The Hall–Kier alpha value is -2.46. The minimum atomic E-state index is -0.224. The van der Waals surface area contributed by atoms with Gasteiger partial charge in [-0.2, -0.15) is 0 Å². The summed E-state index contributed by atoms with van der Waals surface area (Å²) in [5.41, 5.74) is 2.91. The summed E-state index contributed by atoms with van der Waals surface area (Å²) in [5.74, 6) is 0.954. The summed E-state index contributed by atoms with van der Waals surface area (Å²) < 4.78 is 5.74. The molecule has 1 unspecified atom stereocenters. The van der Waals surface area contributed by atoms with Crippen molar-refractivity contribution in [1.82, 2.24) is 9.97 Å². The first-order valence-electron chi connectivity index (χ1n) is 9.12. The maximum absolute atomic E-state index is 13.1. The molecule has 0 bridgehead atoms. The van der Waals surface area contributed by atoms with Gasteiger partial charge < -0.3 is 15.1 Å². The lowest BCUT2D eigenvalue weighted by molar-refractivity contribution is 0.102. The number of benzene rings is 1. The molecule has 0 saturated heterocycles. The van der Waals surface area contributed by atoms with E-state index in [1.54, 1.807) is 6.92 Å². The van der Waals surface area contributed by atoms with Crippen LogP contribution in [0.5, 0.6) is 0 Å². The fraction of sp³-hybridized carbons (Fsp3) is 0.350. The highest BCUT2D eigenvalue weighted by Gasteiger charge is 2.38. The molecule has 1 fully saturated rings.